The Kier molecular flexibility index (Phi) is 7.10. The van der Waals surface area contributed by atoms with E-state index in [1.165, 1.54) is 18.7 Å². The molecule has 30 heavy (non-hydrogen) atoms. The molecule has 0 spiro atoms. The van der Waals surface area contributed by atoms with Crippen LogP contribution in [0.15, 0.2) is 56.9 Å². The number of rotatable bonds is 7. The molecule has 6 nitrogen and oxygen atoms in total. The van der Waals surface area contributed by atoms with Crippen LogP contribution in [0.5, 0.6) is 0 Å². The number of aromatic nitrogens is 2. The summed E-state index contributed by atoms with van der Waals surface area (Å²) in [7, 11) is 0. The third-order valence-electron chi connectivity index (χ3n) is 4.34. The average molecular weight is 488 g/mol. The predicted molar refractivity (Wildman–Crippen MR) is 124 cm³/mol. The van der Waals surface area contributed by atoms with Crippen LogP contribution in [0.1, 0.15) is 31.1 Å². The van der Waals surface area contributed by atoms with E-state index in [1.807, 2.05) is 19.9 Å². The van der Waals surface area contributed by atoms with Crippen molar-refractivity contribution in [3.8, 4) is 0 Å². The summed E-state index contributed by atoms with van der Waals surface area (Å²) in [5, 5.41) is 3.87. The maximum absolute atomic E-state index is 13.0. The zero-order valence-electron chi connectivity index (χ0n) is 16.9. The smallest absolute Gasteiger partial charge is 0.262 e. The second kappa shape index (κ2) is 9.57. The molecule has 0 aliphatic carbocycles. The molecule has 2 aromatic carbocycles. The zero-order valence-corrected chi connectivity index (χ0v) is 19.3. The van der Waals surface area contributed by atoms with Gasteiger partial charge >= 0.3 is 0 Å². The Labute approximate surface area is 187 Å². The van der Waals surface area contributed by atoms with Gasteiger partial charge in [0.05, 0.1) is 16.7 Å². The summed E-state index contributed by atoms with van der Waals surface area (Å²) in [5.41, 5.74) is 1.69. The van der Waals surface area contributed by atoms with E-state index in [-0.39, 0.29) is 28.9 Å². The molecule has 0 fully saturated rings. The Balaban J connectivity index is 1.80. The van der Waals surface area contributed by atoms with Crippen molar-refractivity contribution in [2.24, 2.45) is 5.92 Å². The first-order valence-electron chi connectivity index (χ1n) is 9.48. The SMILES string of the molecule is CC(=O)c1ccc(NC(=O)CSc2nc3ccc(Br)cc3c(=O)n2CC(C)C)cc1. The summed E-state index contributed by atoms with van der Waals surface area (Å²) in [6.45, 7) is 6.08. The van der Waals surface area contributed by atoms with Crippen LogP contribution in [0, 0.1) is 5.92 Å². The highest BCUT2D eigenvalue weighted by molar-refractivity contribution is 9.10. The number of amides is 1. The summed E-state index contributed by atoms with van der Waals surface area (Å²) in [6, 6.07) is 12.1. The summed E-state index contributed by atoms with van der Waals surface area (Å²) in [6.07, 6.45) is 0. The number of nitrogens with zero attached hydrogens (tertiary/aromatic N) is 2. The number of benzene rings is 2. The Morgan fingerprint density at radius 2 is 1.87 bits per heavy atom. The lowest BCUT2D eigenvalue weighted by Gasteiger charge is -2.15. The van der Waals surface area contributed by atoms with Gasteiger partial charge in [0.25, 0.3) is 5.56 Å². The van der Waals surface area contributed by atoms with Crippen molar-refractivity contribution in [3.63, 3.8) is 0 Å². The third-order valence-corrected chi connectivity index (χ3v) is 5.81. The summed E-state index contributed by atoms with van der Waals surface area (Å²) >= 11 is 4.63. The highest BCUT2D eigenvalue weighted by Gasteiger charge is 2.15. The van der Waals surface area contributed by atoms with E-state index in [2.05, 4.69) is 26.2 Å². The van der Waals surface area contributed by atoms with Crippen LogP contribution in [0.25, 0.3) is 10.9 Å². The van der Waals surface area contributed by atoms with Gasteiger partial charge in [-0.15, -0.1) is 0 Å². The van der Waals surface area contributed by atoms with Crippen LogP contribution < -0.4 is 10.9 Å². The van der Waals surface area contributed by atoms with E-state index in [9.17, 15) is 14.4 Å². The minimum absolute atomic E-state index is 0.0269. The highest BCUT2D eigenvalue weighted by atomic mass is 79.9. The van der Waals surface area contributed by atoms with Crippen molar-refractivity contribution in [3.05, 3.63) is 62.9 Å². The van der Waals surface area contributed by atoms with Crippen molar-refractivity contribution < 1.29 is 9.59 Å². The van der Waals surface area contributed by atoms with Crippen molar-refractivity contribution >= 4 is 56.0 Å². The minimum atomic E-state index is -0.211. The van der Waals surface area contributed by atoms with Crippen LogP contribution in [0.4, 0.5) is 5.69 Å². The predicted octanol–water partition coefficient (Wildman–Crippen LogP) is 4.75. The number of anilines is 1. The Hall–Kier alpha value is -2.45. The number of ketones is 1. The number of hydrogen-bond acceptors (Lipinski definition) is 5. The molecular weight excluding hydrogens is 466 g/mol. The standard InChI is InChI=1S/C22H22BrN3O3S/c1-13(2)11-26-21(29)18-10-16(23)6-9-19(18)25-22(26)30-12-20(28)24-17-7-4-15(5-8-17)14(3)27/h4-10,13H,11-12H2,1-3H3,(H,24,28). The summed E-state index contributed by atoms with van der Waals surface area (Å²) in [5.74, 6) is 0.126. The van der Waals surface area contributed by atoms with Gasteiger partial charge in [-0.1, -0.05) is 41.5 Å². The van der Waals surface area contributed by atoms with E-state index in [0.717, 1.165) is 4.47 Å². The molecule has 1 aromatic heterocycles. The summed E-state index contributed by atoms with van der Waals surface area (Å²) < 4.78 is 2.46. The highest BCUT2D eigenvalue weighted by Crippen LogP contribution is 2.22. The minimum Gasteiger partial charge on any atom is -0.325 e. The largest absolute Gasteiger partial charge is 0.325 e. The fourth-order valence-electron chi connectivity index (χ4n) is 2.92. The van der Waals surface area contributed by atoms with Gasteiger partial charge in [0.15, 0.2) is 10.9 Å². The van der Waals surface area contributed by atoms with Gasteiger partial charge in [-0.25, -0.2) is 4.98 Å². The Morgan fingerprint density at radius 1 is 1.17 bits per heavy atom. The lowest BCUT2D eigenvalue weighted by Crippen LogP contribution is -2.26. The first kappa shape index (κ1) is 22.2. The van der Waals surface area contributed by atoms with Crippen molar-refractivity contribution in [2.45, 2.75) is 32.5 Å². The molecule has 0 aliphatic rings. The van der Waals surface area contributed by atoms with Gasteiger partial charge < -0.3 is 5.32 Å². The number of hydrogen-bond donors (Lipinski definition) is 1. The van der Waals surface area contributed by atoms with Gasteiger partial charge in [-0.2, -0.15) is 0 Å². The topological polar surface area (TPSA) is 81.1 Å². The van der Waals surface area contributed by atoms with E-state index < -0.39 is 0 Å². The maximum atomic E-state index is 13.0. The second-order valence-electron chi connectivity index (χ2n) is 7.34. The summed E-state index contributed by atoms with van der Waals surface area (Å²) in [4.78, 5) is 41.4. The molecule has 0 aliphatic heterocycles. The van der Waals surface area contributed by atoms with Gasteiger partial charge in [0, 0.05) is 22.3 Å². The molecule has 1 N–H and O–H groups in total. The van der Waals surface area contributed by atoms with Crippen molar-refractivity contribution in [1.82, 2.24) is 9.55 Å². The van der Waals surface area contributed by atoms with Crippen molar-refractivity contribution in [1.29, 1.82) is 0 Å². The number of carbonyl (C=O) groups excluding carboxylic acids is 2. The number of nitrogens with one attached hydrogen (secondary N) is 1. The molecule has 0 atom stereocenters. The third kappa shape index (κ3) is 5.37. The van der Waals surface area contributed by atoms with Crippen LogP contribution in [0.2, 0.25) is 0 Å². The van der Waals surface area contributed by atoms with Crippen LogP contribution in [0.3, 0.4) is 0 Å². The first-order chi connectivity index (χ1) is 14.2. The lowest BCUT2D eigenvalue weighted by molar-refractivity contribution is -0.113. The fourth-order valence-corrected chi connectivity index (χ4v) is 4.09. The molecule has 0 bridgehead atoms. The Morgan fingerprint density at radius 3 is 2.50 bits per heavy atom. The maximum Gasteiger partial charge on any atom is 0.262 e. The van der Waals surface area contributed by atoms with Gasteiger partial charge in [0.1, 0.15) is 0 Å². The molecule has 0 unspecified atom stereocenters. The van der Waals surface area contributed by atoms with E-state index in [0.29, 0.717) is 33.9 Å². The molecule has 0 saturated carbocycles. The number of Topliss-reactive ketones (excluding diaryl/α,β-unsaturated/α-hetero) is 1. The molecule has 0 radical (unpaired) electrons. The van der Waals surface area contributed by atoms with Crippen LogP contribution in [-0.2, 0) is 11.3 Å². The quantitative estimate of drug-likeness (QED) is 0.295. The van der Waals surface area contributed by atoms with Gasteiger partial charge in [-0.05, 0) is 55.3 Å². The molecule has 1 heterocycles. The number of thioether (sulfide) groups is 1. The monoisotopic (exact) mass is 487 g/mol. The van der Waals surface area contributed by atoms with Crippen molar-refractivity contribution in [2.75, 3.05) is 11.1 Å². The molecule has 156 valence electrons. The second-order valence-corrected chi connectivity index (χ2v) is 9.19. The van der Waals surface area contributed by atoms with Crippen LogP contribution in [-0.4, -0.2) is 27.0 Å². The van der Waals surface area contributed by atoms with E-state index in [4.69, 9.17) is 0 Å². The van der Waals surface area contributed by atoms with Crippen LogP contribution >= 0.6 is 27.7 Å². The molecule has 0 saturated heterocycles. The van der Waals surface area contributed by atoms with Gasteiger partial charge in [0.2, 0.25) is 5.91 Å². The first-order valence-corrected chi connectivity index (χ1v) is 11.3. The number of halogens is 1. The molecule has 1 amide bonds. The normalized spacial score (nSPS) is 11.1. The van der Waals surface area contributed by atoms with E-state index >= 15 is 0 Å². The molecule has 3 aromatic rings. The molecule has 8 heteroatoms. The number of fused-ring (bicyclic) bond motifs is 1. The molecular formula is C22H22BrN3O3S. The molecule has 3 rings (SSSR count). The van der Waals surface area contributed by atoms with Gasteiger partial charge in [-0.3, -0.25) is 19.0 Å². The Bertz CT molecular complexity index is 1160. The zero-order chi connectivity index (χ0) is 21.8. The van der Waals surface area contributed by atoms with E-state index in [1.54, 1.807) is 41.0 Å². The fraction of sp³-hybridized carbons (Fsp3) is 0.273. The average Bonchev–Trinajstić information content (AvgIpc) is 2.69. The number of carbonyl (C=O) groups is 2. The lowest BCUT2D eigenvalue weighted by atomic mass is 10.1.